The van der Waals surface area contributed by atoms with Crippen molar-refractivity contribution in [2.24, 2.45) is 4.99 Å². The summed E-state index contributed by atoms with van der Waals surface area (Å²) in [6.45, 7) is 6.40. The fourth-order valence-electron chi connectivity index (χ4n) is 5.68. The van der Waals surface area contributed by atoms with Crippen molar-refractivity contribution in [3.8, 4) is 5.69 Å². The number of likely N-dealkylation sites (N-methyl/N-ethyl adjacent to an activating group) is 1. The van der Waals surface area contributed by atoms with Crippen LogP contribution in [0.5, 0.6) is 0 Å². The van der Waals surface area contributed by atoms with Crippen molar-refractivity contribution in [1.82, 2.24) is 9.78 Å². The van der Waals surface area contributed by atoms with Gasteiger partial charge in [0.25, 0.3) is 5.69 Å². The van der Waals surface area contributed by atoms with Crippen LogP contribution in [-0.4, -0.2) is 28.0 Å². The second-order valence-corrected chi connectivity index (χ2v) is 14.2. The monoisotopic (exact) mass is 554 g/mol. The van der Waals surface area contributed by atoms with Gasteiger partial charge in [0.05, 0.1) is 27.8 Å². The molecule has 0 saturated heterocycles. The molecule has 0 radical (unpaired) electrons. The predicted octanol–water partition coefficient (Wildman–Crippen LogP) is 6.58. The van der Waals surface area contributed by atoms with Gasteiger partial charge in [-0.15, -0.1) is 0 Å². The molecule has 10 heteroatoms. The van der Waals surface area contributed by atoms with Gasteiger partial charge in [0, 0.05) is 53.2 Å². The van der Waals surface area contributed by atoms with Gasteiger partial charge in [-0.05, 0) is 42.8 Å². The van der Waals surface area contributed by atoms with E-state index in [0.29, 0.717) is 11.5 Å². The average Bonchev–Trinajstić information content (AvgIpc) is 3.37. The van der Waals surface area contributed by atoms with E-state index in [9.17, 15) is 10.1 Å². The summed E-state index contributed by atoms with van der Waals surface area (Å²) < 4.78 is 1.85. The van der Waals surface area contributed by atoms with Crippen LogP contribution in [0, 0.1) is 17.0 Å². The zero-order chi connectivity index (χ0) is 27.5. The van der Waals surface area contributed by atoms with E-state index in [1.165, 1.54) is 17.7 Å². The number of nitro groups is 1. The Kier molecular flexibility index (Phi) is 5.82. The highest BCUT2D eigenvalue weighted by molar-refractivity contribution is 8.21. The lowest BCUT2D eigenvalue weighted by atomic mass is 9.84. The maximum atomic E-state index is 11.3. The lowest BCUT2D eigenvalue weighted by Gasteiger charge is -2.35. The first-order valence-corrected chi connectivity index (χ1v) is 15.3. The van der Waals surface area contributed by atoms with Crippen LogP contribution in [0.4, 0.5) is 22.9 Å². The molecule has 0 aliphatic carbocycles. The minimum absolute atomic E-state index is 0.0296. The Morgan fingerprint density at radius 1 is 1.00 bits per heavy atom. The lowest BCUT2D eigenvalue weighted by molar-refractivity contribution is -0.384. The molecule has 1 unspecified atom stereocenters. The number of aliphatic imine (C=N–C) groups is 1. The number of aryl methyl sites for hydroxylation is 1. The number of nitro benzene ring substituents is 1. The Hall–Kier alpha value is -4.07. The Bertz CT molecular complexity index is 1740. The van der Waals surface area contributed by atoms with Gasteiger partial charge in [0.2, 0.25) is 0 Å². The van der Waals surface area contributed by atoms with Crippen LogP contribution in [-0.2, 0) is 17.2 Å². The molecular weight excluding hydrogens is 527 g/mol. The smallest absolute Gasteiger partial charge is 0.269 e. The van der Waals surface area contributed by atoms with Gasteiger partial charge in [-0.1, -0.05) is 62.1 Å². The van der Waals surface area contributed by atoms with Gasteiger partial charge in [-0.2, -0.15) is 5.10 Å². The summed E-state index contributed by atoms with van der Waals surface area (Å²) in [6, 6.07) is 24.7. The molecule has 0 bridgehead atoms. The van der Waals surface area contributed by atoms with Crippen molar-refractivity contribution in [3.05, 3.63) is 111 Å². The number of para-hydroxylation sites is 2. The molecule has 39 heavy (non-hydrogen) atoms. The summed E-state index contributed by atoms with van der Waals surface area (Å²) in [6.07, 6.45) is -0.883. The van der Waals surface area contributed by atoms with Crippen molar-refractivity contribution in [2.45, 2.75) is 26.2 Å². The third-order valence-corrected chi connectivity index (χ3v) is 11.6. The fourth-order valence-corrected chi connectivity index (χ4v) is 9.91. The second kappa shape index (κ2) is 9.00. The van der Waals surface area contributed by atoms with E-state index in [1.807, 2.05) is 54.2 Å². The number of aromatic nitrogens is 2. The molecular formula is C29H27N6O2PS. The molecule has 3 aromatic carbocycles. The number of fused-ring (bicyclic) bond motifs is 2. The normalized spacial score (nSPS) is 21.0. The van der Waals surface area contributed by atoms with Gasteiger partial charge in [0.15, 0.2) is 5.82 Å². The van der Waals surface area contributed by atoms with Crippen molar-refractivity contribution in [3.63, 3.8) is 0 Å². The summed E-state index contributed by atoms with van der Waals surface area (Å²) in [5.74, 6) is 0.705. The zero-order valence-corrected chi connectivity index (χ0v) is 23.7. The number of non-ortho nitro benzene ring substituents is 1. The molecule has 4 aromatic rings. The van der Waals surface area contributed by atoms with Crippen molar-refractivity contribution in [1.29, 1.82) is 0 Å². The van der Waals surface area contributed by atoms with Crippen molar-refractivity contribution in [2.75, 3.05) is 17.0 Å². The molecule has 0 saturated carbocycles. The zero-order valence-electron chi connectivity index (χ0n) is 22.0. The van der Waals surface area contributed by atoms with E-state index in [1.54, 1.807) is 12.1 Å². The van der Waals surface area contributed by atoms with Crippen LogP contribution in [0.2, 0.25) is 0 Å². The number of benzene rings is 3. The molecule has 0 spiro atoms. The minimum atomic E-state index is -2.79. The van der Waals surface area contributed by atoms with E-state index < -0.39 is 11.1 Å². The van der Waals surface area contributed by atoms with E-state index >= 15 is 0 Å². The van der Waals surface area contributed by atoms with Crippen LogP contribution in [0.3, 0.4) is 0 Å². The molecule has 0 fully saturated rings. The molecule has 8 nitrogen and oxygen atoms in total. The minimum Gasteiger partial charge on any atom is -0.351 e. The number of anilines is 2. The van der Waals surface area contributed by atoms with E-state index in [2.05, 4.69) is 49.1 Å². The third kappa shape index (κ3) is 3.84. The maximum Gasteiger partial charge on any atom is 0.269 e. The average molecular weight is 555 g/mol. The number of hydrogen-bond donors (Lipinski definition) is 1. The predicted molar refractivity (Wildman–Crippen MR) is 162 cm³/mol. The largest absolute Gasteiger partial charge is 0.351 e. The highest BCUT2D eigenvalue weighted by atomic mass is 32.4. The van der Waals surface area contributed by atoms with Crippen LogP contribution in [0.15, 0.2) is 94.9 Å². The highest BCUT2D eigenvalue weighted by Gasteiger charge is 2.45. The molecule has 2 aliphatic rings. The third-order valence-electron chi connectivity index (χ3n) is 7.44. The quantitative estimate of drug-likeness (QED) is 0.174. The van der Waals surface area contributed by atoms with Gasteiger partial charge in [-0.25, -0.2) is 9.67 Å². The SMILES string of the molecule is Cc1nn(-c2ccccc2)c2c1P(=S)(Nc1ccc([N+](=O)[O-])cc1)/C(=C1\N(C)c3ccccc3C1(C)C)C=N2. The maximum absolute atomic E-state index is 11.3. The first kappa shape index (κ1) is 25.2. The molecule has 3 heterocycles. The summed E-state index contributed by atoms with van der Waals surface area (Å²) >= 11 is 6.69. The Balaban J connectivity index is 1.60. The van der Waals surface area contributed by atoms with Gasteiger partial charge in [-0.3, -0.25) is 10.1 Å². The van der Waals surface area contributed by atoms with E-state index in [0.717, 1.165) is 33.4 Å². The first-order chi connectivity index (χ1) is 18.6. The van der Waals surface area contributed by atoms with Crippen LogP contribution in [0.1, 0.15) is 25.1 Å². The Labute approximate surface area is 231 Å². The standard InChI is InChI=1S/C29H27N6O2PS/c1-19-26-28(34(31-19)21-10-6-5-7-11-21)30-18-25(27-29(2,3)23-12-8-9-13-24(23)33(27)4)38(26,39)32-20-14-16-22(17-15-20)35(36)37/h5-18H,1-4H3,(H,32,39)/b27-25-. The topological polar surface area (TPSA) is 88.6 Å². The van der Waals surface area contributed by atoms with Gasteiger partial charge < -0.3 is 9.99 Å². The molecule has 6 rings (SSSR count). The lowest BCUT2D eigenvalue weighted by Crippen LogP contribution is -2.29. The van der Waals surface area contributed by atoms with Gasteiger partial charge >= 0.3 is 0 Å². The Morgan fingerprint density at radius 3 is 2.33 bits per heavy atom. The number of hydrogen-bond acceptors (Lipinski definition) is 6. The first-order valence-electron chi connectivity index (χ1n) is 12.5. The molecule has 196 valence electrons. The molecule has 1 N–H and O–H groups in total. The summed E-state index contributed by atoms with van der Waals surface area (Å²) in [5.41, 5.74) is 5.57. The van der Waals surface area contributed by atoms with Crippen molar-refractivity contribution >= 4 is 52.4 Å². The fraction of sp³-hybridized carbons (Fsp3) is 0.172. The second-order valence-electron chi connectivity index (χ2n) is 10.2. The van der Waals surface area contributed by atoms with Crippen LogP contribution in [0.25, 0.3) is 5.69 Å². The molecule has 0 amide bonds. The summed E-state index contributed by atoms with van der Waals surface area (Å²) in [4.78, 5) is 18.1. The van der Waals surface area contributed by atoms with Crippen LogP contribution < -0.4 is 15.3 Å². The Morgan fingerprint density at radius 2 is 1.67 bits per heavy atom. The number of rotatable bonds is 4. The highest BCUT2D eigenvalue weighted by Crippen LogP contribution is 2.62. The molecule has 2 aliphatic heterocycles. The summed E-state index contributed by atoms with van der Waals surface area (Å²) in [7, 11) is 2.07. The number of nitrogens with zero attached hydrogens (tertiary/aromatic N) is 5. The van der Waals surface area contributed by atoms with Crippen molar-refractivity contribution < 1.29 is 4.92 Å². The summed E-state index contributed by atoms with van der Waals surface area (Å²) in [5, 5.41) is 21.7. The van der Waals surface area contributed by atoms with E-state index in [4.69, 9.17) is 21.9 Å². The number of nitrogens with one attached hydrogen (secondary N) is 1. The van der Waals surface area contributed by atoms with E-state index in [-0.39, 0.29) is 11.1 Å². The number of allylic oxidation sites excluding steroid dienone is 2. The van der Waals surface area contributed by atoms with Crippen LogP contribution >= 0.6 is 6.19 Å². The molecule has 1 atom stereocenters. The molecule has 1 aromatic heterocycles. The van der Waals surface area contributed by atoms with Gasteiger partial charge in [0.1, 0.15) is 0 Å².